The topological polar surface area (TPSA) is 47.9 Å². The lowest BCUT2D eigenvalue weighted by atomic mass is 10.4. The Kier molecular flexibility index (Phi) is 15.3. The van der Waals surface area contributed by atoms with Crippen molar-refractivity contribution in [2.75, 3.05) is 41.7 Å². The van der Waals surface area contributed by atoms with Gasteiger partial charge in [-0.2, -0.15) is 0 Å². The molecule has 0 spiro atoms. The van der Waals surface area contributed by atoms with Crippen LogP contribution < -0.4 is 0 Å². The molecule has 0 aliphatic heterocycles. The van der Waals surface area contributed by atoms with Gasteiger partial charge in [-0.25, -0.2) is 0 Å². The summed E-state index contributed by atoms with van der Waals surface area (Å²) in [6.45, 7) is 1.18. The molecule has 0 aromatic carbocycles. The van der Waals surface area contributed by atoms with Gasteiger partial charge in [0.1, 0.15) is 6.10 Å². The molecule has 0 heterocycles. The van der Waals surface area contributed by atoms with Gasteiger partial charge in [0.2, 0.25) is 0 Å². The summed E-state index contributed by atoms with van der Waals surface area (Å²) in [5.74, 6) is 0. The van der Waals surface area contributed by atoms with Gasteiger partial charge in [-0.15, -0.1) is 0 Å². The molecule has 4 heteroatoms. The zero-order chi connectivity index (χ0) is 9.11. The third-order valence-electron chi connectivity index (χ3n) is 1.04. The predicted molar refractivity (Wildman–Crippen MR) is 42.7 cm³/mol. The van der Waals surface area contributed by atoms with Crippen LogP contribution in [0.5, 0.6) is 0 Å². The van der Waals surface area contributed by atoms with Crippen molar-refractivity contribution in [1.82, 2.24) is 0 Å². The van der Waals surface area contributed by atoms with Crippen molar-refractivity contribution in [3.8, 4) is 0 Å². The summed E-state index contributed by atoms with van der Waals surface area (Å²) in [4.78, 5) is 0. The van der Waals surface area contributed by atoms with Crippen LogP contribution in [-0.4, -0.2) is 52.9 Å². The summed E-state index contributed by atoms with van der Waals surface area (Å²) in [6, 6.07) is 0. The molecule has 1 N–H and O–H groups in total. The van der Waals surface area contributed by atoms with Crippen molar-refractivity contribution in [1.29, 1.82) is 0 Å². The normalized spacial score (nSPS) is 9.27. The molecule has 70 valence electrons. The van der Waals surface area contributed by atoms with Crippen LogP contribution in [0.3, 0.4) is 0 Å². The van der Waals surface area contributed by atoms with Crippen molar-refractivity contribution >= 4 is 0 Å². The van der Waals surface area contributed by atoms with Gasteiger partial charge in [0.25, 0.3) is 0 Å². The van der Waals surface area contributed by atoms with Crippen LogP contribution in [0.2, 0.25) is 0 Å². The largest absolute Gasteiger partial charge is 0.400 e. The van der Waals surface area contributed by atoms with Crippen molar-refractivity contribution < 1.29 is 19.3 Å². The Bertz CT molecular complexity index is 52.4. The van der Waals surface area contributed by atoms with E-state index in [1.165, 1.54) is 0 Å². The van der Waals surface area contributed by atoms with Gasteiger partial charge >= 0.3 is 0 Å². The molecule has 0 saturated heterocycles. The highest BCUT2D eigenvalue weighted by molar-refractivity contribution is 4.51. The van der Waals surface area contributed by atoms with E-state index >= 15 is 0 Å². The first-order valence-electron chi connectivity index (χ1n) is 3.30. The molecule has 0 aromatic rings. The molecule has 0 atom stereocenters. The van der Waals surface area contributed by atoms with Crippen LogP contribution in [0.1, 0.15) is 0 Å². The number of methoxy groups -OCH3 is 3. The van der Waals surface area contributed by atoms with E-state index in [0.29, 0.717) is 13.2 Å². The van der Waals surface area contributed by atoms with Crippen molar-refractivity contribution in [3.63, 3.8) is 0 Å². The van der Waals surface area contributed by atoms with E-state index in [4.69, 9.17) is 19.3 Å². The lowest BCUT2D eigenvalue weighted by molar-refractivity contribution is -0.0178. The summed E-state index contributed by atoms with van der Waals surface area (Å²) in [5.41, 5.74) is 0. The summed E-state index contributed by atoms with van der Waals surface area (Å²) < 4.78 is 14.7. The quantitative estimate of drug-likeness (QED) is 0.619. The number of aliphatic hydroxyl groups excluding tert-OH is 1. The van der Waals surface area contributed by atoms with E-state index in [0.717, 1.165) is 7.11 Å². The van der Waals surface area contributed by atoms with Crippen molar-refractivity contribution in [2.45, 2.75) is 6.10 Å². The molecule has 4 nitrogen and oxygen atoms in total. The Balaban J connectivity index is 0. The third-order valence-corrected chi connectivity index (χ3v) is 1.04. The van der Waals surface area contributed by atoms with Gasteiger partial charge in [-0.3, -0.25) is 0 Å². The maximum absolute atomic E-state index is 7.00. The smallest absolute Gasteiger partial charge is 0.104 e. The highest BCUT2D eigenvalue weighted by Crippen LogP contribution is 1.89. The molecule has 0 fully saturated rings. The third kappa shape index (κ3) is 9.84. The molecule has 0 unspecified atom stereocenters. The fourth-order valence-electron chi connectivity index (χ4n) is 0.556. The number of hydrogen-bond donors (Lipinski definition) is 1. The second-order valence-corrected chi connectivity index (χ2v) is 1.77. The molecule has 11 heavy (non-hydrogen) atoms. The van der Waals surface area contributed by atoms with Gasteiger partial charge in [0.15, 0.2) is 0 Å². The van der Waals surface area contributed by atoms with Crippen LogP contribution in [0, 0.1) is 0 Å². The highest BCUT2D eigenvalue weighted by atomic mass is 16.5. The second kappa shape index (κ2) is 12.5. The standard InChI is InChI=1S/C6H14O3.CH4O/c1-7-4-6(9-3)5-8-2;1-2/h6H,4-5H2,1-3H3;2H,1H3. The van der Waals surface area contributed by atoms with E-state index in [1.54, 1.807) is 21.3 Å². The average molecular weight is 166 g/mol. The van der Waals surface area contributed by atoms with E-state index in [-0.39, 0.29) is 6.10 Å². The van der Waals surface area contributed by atoms with Crippen LogP contribution in [-0.2, 0) is 14.2 Å². The molecule has 0 aromatic heterocycles. The molecule has 0 saturated carbocycles. The van der Waals surface area contributed by atoms with E-state index in [9.17, 15) is 0 Å². The lowest BCUT2D eigenvalue weighted by Crippen LogP contribution is -2.22. The zero-order valence-corrected chi connectivity index (χ0v) is 7.66. The van der Waals surface area contributed by atoms with Crippen molar-refractivity contribution in [3.05, 3.63) is 0 Å². The van der Waals surface area contributed by atoms with E-state index in [1.807, 2.05) is 0 Å². The van der Waals surface area contributed by atoms with Gasteiger partial charge < -0.3 is 19.3 Å². The fraction of sp³-hybridized carbons (Fsp3) is 1.00. The fourth-order valence-corrected chi connectivity index (χ4v) is 0.556. The Labute approximate surface area is 68.1 Å². The van der Waals surface area contributed by atoms with E-state index < -0.39 is 0 Å². The van der Waals surface area contributed by atoms with Gasteiger partial charge in [0, 0.05) is 28.4 Å². The van der Waals surface area contributed by atoms with Crippen LogP contribution in [0.15, 0.2) is 0 Å². The Morgan fingerprint density at radius 3 is 1.55 bits per heavy atom. The first-order valence-corrected chi connectivity index (χ1v) is 3.30. The molecule has 0 bridgehead atoms. The number of hydrogen-bond acceptors (Lipinski definition) is 4. The minimum Gasteiger partial charge on any atom is -0.400 e. The maximum atomic E-state index is 7.00. The first kappa shape index (κ1) is 13.4. The molecule has 0 aliphatic carbocycles. The van der Waals surface area contributed by atoms with Gasteiger partial charge in [-0.1, -0.05) is 0 Å². The average Bonchev–Trinajstić information content (AvgIpc) is 2.08. The van der Waals surface area contributed by atoms with Crippen LogP contribution >= 0.6 is 0 Å². The van der Waals surface area contributed by atoms with E-state index in [2.05, 4.69) is 0 Å². The van der Waals surface area contributed by atoms with Crippen LogP contribution in [0.4, 0.5) is 0 Å². The summed E-state index contributed by atoms with van der Waals surface area (Å²) in [5, 5.41) is 7.00. The minimum absolute atomic E-state index is 0.0694. The maximum Gasteiger partial charge on any atom is 0.104 e. The monoisotopic (exact) mass is 166 g/mol. The minimum atomic E-state index is 0.0694. The predicted octanol–water partition coefficient (Wildman–Crippen LogP) is -0.0973. The lowest BCUT2D eigenvalue weighted by Gasteiger charge is -2.11. The molecule has 0 rings (SSSR count). The first-order chi connectivity index (χ1) is 5.35. The van der Waals surface area contributed by atoms with Gasteiger partial charge in [-0.05, 0) is 0 Å². The SMILES string of the molecule is CO.COCC(COC)OC. The van der Waals surface area contributed by atoms with Gasteiger partial charge in [0.05, 0.1) is 13.2 Å². The summed E-state index contributed by atoms with van der Waals surface area (Å²) in [6.07, 6.45) is 0.0694. The zero-order valence-electron chi connectivity index (χ0n) is 7.66. The molecular formula is C7H18O4. The second-order valence-electron chi connectivity index (χ2n) is 1.77. The number of rotatable bonds is 5. The number of aliphatic hydroxyl groups is 1. The summed E-state index contributed by atoms with van der Waals surface area (Å²) in [7, 11) is 5.92. The summed E-state index contributed by atoms with van der Waals surface area (Å²) >= 11 is 0. The molecule has 0 aliphatic rings. The highest BCUT2D eigenvalue weighted by Gasteiger charge is 2.03. The van der Waals surface area contributed by atoms with Crippen molar-refractivity contribution in [2.24, 2.45) is 0 Å². The molecule has 0 amide bonds. The number of ether oxygens (including phenoxy) is 3. The molecule has 0 radical (unpaired) electrons. The molecular weight excluding hydrogens is 148 g/mol. The van der Waals surface area contributed by atoms with Crippen LogP contribution in [0.25, 0.3) is 0 Å². The Morgan fingerprint density at radius 2 is 1.36 bits per heavy atom. The Hall–Kier alpha value is -0.160. The Morgan fingerprint density at radius 1 is 1.00 bits per heavy atom.